The zero-order valence-corrected chi connectivity index (χ0v) is 11.0. The molecule has 0 unspecified atom stereocenters. The van der Waals surface area contributed by atoms with Crippen LogP contribution in [0.4, 0.5) is 5.69 Å². The van der Waals surface area contributed by atoms with Crippen molar-refractivity contribution < 1.29 is 0 Å². The van der Waals surface area contributed by atoms with Crippen LogP contribution in [0.25, 0.3) is 0 Å². The fourth-order valence-electron chi connectivity index (χ4n) is 2.57. The van der Waals surface area contributed by atoms with Crippen molar-refractivity contribution in [1.29, 1.82) is 0 Å². The van der Waals surface area contributed by atoms with Crippen LogP contribution in [0.15, 0.2) is 42.7 Å². The van der Waals surface area contributed by atoms with Gasteiger partial charge in [-0.1, -0.05) is 24.3 Å². The standard InChI is InChI=1S/C16H19N3/c1-5-14-7-3-9-19-16(14)15(6-1)12-18-11-13-4-2-8-17-10-13/h1-2,4-6,8,10,18-19H,3,7,9,11-12H2. The van der Waals surface area contributed by atoms with E-state index in [9.17, 15) is 0 Å². The van der Waals surface area contributed by atoms with Gasteiger partial charge in [0.2, 0.25) is 0 Å². The van der Waals surface area contributed by atoms with E-state index in [0.29, 0.717) is 0 Å². The van der Waals surface area contributed by atoms with E-state index >= 15 is 0 Å². The third kappa shape index (κ3) is 2.93. The normalized spacial score (nSPS) is 13.7. The second kappa shape index (κ2) is 5.85. The predicted octanol–water partition coefficient (Wildman–Crippen LogP) is 2.73. The molecule has 0 fully saturated rings. The molecule has 0 aliphatic carbocycles. The van der Waals surface area contributed by atoms with E-state index in [2.05, 4.69) is 39.9 Å². The largest absolute Gasteiger partial charge is 0.385 e. The van der Waals surface area contributed by atoms with E-state index in [1.807, 2.05) is 12.3 Å². The Hall–Kier alpha value is -1.87. The molecule has 98 valence electrons. The molecular formula is C16H19N3. The molecule has 1 aromatic carbocycles. The summed E-state index contributed by atoms with van der Waals surface area (Å²) in [6, 6.07) is 10.7. The number of para-hydroxylation sites is 1. The fourth-order valence-corrected chi connectivity index (χ4v) is 2.57. The lowest BCUT2D eigenvalue weighted by Crippen LogP contribution is -2.18. The van der Waals surface area contributed by atoms with Gasteiger partial charge in [-0.3, -0.25) is 4.98 Å². The highest BCUT2D eigenvalue weighted by Crippen LogP contribution is 2.25. The minimum absolute atomic E-state index is 0.859. The summed E-state index contributed by atoms with van der Waals surface area (Å²) >= 11 is 0. The number of benzene rings is 1. The van der Waals surface area contributed by atoms with Gasteiger partial charge in [-0.05, 0) is 35.6 Å². The van der Waals surface area contributed by atoms with Crippen molar-refractivity contribution in [3.8, 4) is 0 Å². The van der Waals surface area contributed by atoms with Gasteiger partial charge < -0.3 is 10.6 Å². The quantitative estimate of drug-likeness (QED) is 0.879. The lowest BCUT2D eigenvalue weighted by molar-refractivity contribution is 0.688. The molecular weight excluding hydrogens is 234 g/mol. The van der Waals surface area contributed by atoms with Crippen LogP contribution < -0.4 is 10.6 Å². The van der Waals surface area contributed by atoms with Gasteiger partial charge in [0.25, 0.3) is 0 Å². The maximum Gasteiger partial charge on any atom is 0.0418 e. The Bertz CT molecular complexity index is 537. The Labute approximate surface area is 114 Å². The number of nitrogens with one attached hydrogen (secondary N) is 2. The minimum Gasteiger partial charge on any atom is -0.385 e. The first-order valence-electron chi connectivity index (χ1n) is 6.88. The molecule has 2 aromatic rings. The van der Waals surface area contributed by atoms with E-state index in [0.717, 1.165) is 19.6 Å². The molecule has 19 heavy (non-hydrogen) atoms. The summed E-state index contributed by atoms with van der Waals surface area (Å²) < 4.78 is 0. The zero-order chi connectivity index (χ0) is 12.9. The van der Waals surface area contributed by atoms with Crippen molar-refractivity contribution in [1.82, 2.24) is 10.3 Å². The number of fused-ring (bicyclic) bond motifs is 1. The first-order valence-corrected chi connectivity index (χ1v) is 6.88. The smallest absolute Gasteiger partial charge is 0.0418 e. The van der Waals surface area contributed by atoms with Crippen LogP contribution in [-0.4, -0.2) is 11.5 Å². The summed E-state index contributed by atoms with van der Waals surface area (Å²) in [7, 11) is 0. The predicted molar refractivity (Wildman–Crippen MR) is 78.0 cm³/mol. The first kappa shape index (κ1) is 12.2. The lowest BCUT2D eigenvalue weighted by atomic mass is 9.99. The Morgan fingerprint density at radius 2 is 2.16 bits per heavy atom. The number of anilines is 1. The van der Waals surface area contributed by atoms with Crippen molar-refractivity contribution in [2.45, 2.75) is 25.9 Å². The molecule has 2 N–H and O–H groups in total. The summed E-state index contributed by atoms with van der Waals surface area (Å²) in [5.41, 5.74) is 5.38. The second-order valence-corrected chi connectivity index (χ2v) is 4.95. The van der Waals surface area contributed by atoms with Gasteiger partial charge in [-0.15, -0.1) is 0 Å². The highest BCUT2D eigenvalue weighted by atomic mass is 14.9. The molecule has 1 aromatic heterocycles. The van der Waals surface area contributed by atoms with E-state index < -0.39 is 0 Å². The van der Waals surface area contributed by atoms with Crippen LogP contribution in [0, 0.1) is 0 Å². The van der Waals surface area contributed by atoms with Crippen molar-refractivity contribution in [3.63, 3.8) is 0 Å². The van der Waals surface area contributed by atoms with Gasteiger partial charge in [-0.2, -0.15) is 0 Å². The van der Waals surface area contributed by atoms with Crippen LogP contribution >= 0.6 is 0 Å². The Morgan fingerprint density at radius 1 is 1.16 bits per heavy atom. The lowest BCUT2D eigenvalue weighted by Gasteiger charge is -2.21. The maximum absolute atomic E-state index is 4.13. The third-order valence-electron chi connectivity index (χ3n) is 3.53. The van der Waals surface area contributed by atoms with Gasteiger partial charge in [0.15, 0.2) is 0 Å². The summed E-state index contributed by atoms with van der Waals surface area (Å²) in [6.07, 6.45) is 6.14. The van der Waals surface area contributed by atoms with Crippen LogP contribution in [0.3, 0.4) is 0 Å². The topological polar surface area (TPSA) is 37.0 Å². The van der Waals surface area contributed by atoms with Gasteiger partial charge >= 0.3 is 0 Å². The SMILES string of the molecule is c1cncc(CNCc2cccc3c2NCCC3)c1. The minimum atomic E-state index is 0.859. The number of aryl methyl sites for hydroxylation is 1. The number of hydrogen-bond donors (Lipinski definition) is 2. The van der Waals surface area contributed by atoms with E-state index in [4.69, 9.17) is 0 Å². The van der Waals surface area contributed by atoms with Gasteiger partial charge in [0.1, 0.15) is 0 Å². The fraction of sp³-hybridized carbons (Fsp3) is 0.312. The molecule has 1 aliphatic rings. The van der Waals surface area contributed by atoms with Crippen LogP contribution in [-0.2, 0) is 19.5 Å². The van der Waals surface area contributed by atoms with Crippen LogP contribution in [0.2, 0.25) is 0 Å². The van der Waals surface area contributed by atoms with Crippen molar-refractivity contribution in [2.75, 3.05) is 11.9 Å². The molecule has 0 bridgehead atoms. The molecule has 3 rings (SSSR count). The number of aromatic nitrogens is 1. The van der Waals surface area contributed by atoms with Crippen molar-refractivity contribution >= 4 is 5.69 Å². The van der Waals surface area contributed by atoms with Gasteiger partial charge in [-0.25, -0.2) is 0 Å². The Kier molecular flexibility index (Phi) is 3.75. The second-order valence-electron chi connectivity index (χ2n) is 4.95. The van der Waals surface area contributed by atoms with Crippen LogP contribution in [0.5, 0.6) is 0 Å². The van der Waals surface area contributed by atoms with Crippen molar-refractivity contribution in [2.24, 2.45) is 0 Å². The average molecular weight is 253 g/mol. The zero-order valence-electron chi connectivity index (χ0n) is 11.0. The molecule has 0 radical (unpaired) electrons. The van der Waals surface area contributed by atoms with E-state index in [1.165, 1.54) is 35.2 Å². The van der Waals surface area contributed by atoms with E-state index in [1.54, 1.807) is 6.20 Å². The summed E-state index contributed by atoms with van der Waals surface area (Å²) in [4.78, 5) is 4.13. The third-order valence-corrected chi connectivity index (χ3v) is 3.53. The molecule has 0 saturated carbocycles. The highest BCUT2D eigenvalue weighted by molar-refractivity contribution is 5.59. The molecule has 2 heterocycles. The Balaban J connectivity index is 1.64. The summed E-state index contributed by atoms with van der Waals surface area (Å²) in [6.45, 7) is 2.84. The molecule has 0 amide bonds. The number of pyridine rings is 1. The molecule has 0 atom stereocenters. The number of nitrogens with zero attached hydrogens (tertiary/aromatic N) is 1. The molecule has 3 nitrogen and oxygen atoms in total. The summed E-state index contributed by atoms with van der Waals surface area (Å²) in [5.74, 6) is 0. The number of rotatable bonds is 4. The Morgan fingerprint density at radius 3 is 3.05 bits per heavy atom. The average Bonchev–Trinajstić information content (AvgIpc) is 2.49. The first-order chi connectivity index (χ1) is 9.43. The molecule has 0 saturated heterocycles. The monoisotopic (exact) mass is 253 g/mol. The van der Waals surface area contributed by atoms with Gasteiger partial charge in [0, 0.05) is 37.7 Å². The van der Waals surface area contributed by atoms with E-state index in [-0.39, 0.29) is 0 Å². The molecule has 1 aliphatic heterocycles. The number of hydrogen-bond acceptors (Lipinski definition) is 3. The maximum atomic E-state index is 4.13. The van der Waals surface area contributed by atoms with Gasteiger partial charge in [0.05, 0.1) is 0 Å². The van der Waals surface area contributed by atoms with Crippen LogP contribution in [0.1, 0.15) is 23.1 Å². The van der Waals surface area contributed by atoms with Crippen molar-refractivity contribution in [3.05, 3.63) is 59.4 Å². The molecule has 0 spiro atoms. The highest BCUT2D eigenvalue weighted by Gasteiger charge is 2.11. The molecule has 3 heteroatoms. The summed E-state index contributed by atoms with van der Waals surface area (Å²) in [5, 5.41) is 7.02.